The molecule has 3 rings (SSSR count). The zero-order valence-electron chi connectivity index (χ0n) is 21.5. The largest absolute Gasteiger partial charge is 0.494 e. The molecule has 3 atom stereocenters. The van der Waals surface area contributed by atoms with Crippen LogP contribution in [0.5, 0.6) is 17.4 Å². The Bertz CT molecular complexity index is 868. The quantitative estimate of drug-likeness (QED) is 0.103. The fraction of sp³-hybridized carbons (Fsp3) is 0.586. The SMILES string of the molecule is CCCCCCCCCCOc1ccc(OC(=O)c2ccc(O[C@H](C)[C@@H]3O[C@H]3CCC)nc2)cc1. The molecule has 2 aromatic rings. The van der Waals surface area contributed by atoms with Crippen molar-refractivity contribution in [2.24, 2.45) is 0 Å². The number of hydrogen-bond donors (Lipinski definition) is 0. The van der Waals surface area contributed by atoms with Gasteiger partial charge in [0, 0.05) is 12.3 Å². The fourth-order valence-corrected chi connectivity index (χ4v) is 4.11. The minimum atomic E-state index is -0.460. The number of carbonyl (C=O) groups is 1. The molecule has 192 valence electrons. The van der Waals surface area contributed by atoms with Crippen molar-refractivity contribution < 1.29 is 23.7 Å². The number of aromatic nitrogens is 1. The molecule has 2 heterocycles. The number of hydrogen-bond acceptors (Lipinski definition) is 6. The van der Waals surface area contributed by atoms with Crippen molar-refractivity contribution in [1.29, 1.82) is 0 Å². The summed E-state index contributed by atoms with van der Waals surface area (Å²) in [6, 6.07) is 10.5. The summed E-state index contributed by atoms with van der Waals surface area (Å²) in [4.78, 5) is 16.7. The summed E-state index contributed by atoms with van der Waals surface area (Å²) in [6.45, 7) is 7.07. The van der Waals surface area contributed by atoms with Crippen molar-refractivity contribution >= 4 is 5.97 Å². The molecular formula is C29H41NO5. The van der Waals surface area contributed by atoms with Gasteiger partial charge in [-0.1, -0.05) is 65.2 Å². The van der Waals surface area contributed by atoms with Crippen LogP contribution in [0.4, 0.5) is 0 Å². The normalized spacial score (nSPS) is 17.6. The van der Waals surface area contributed by atoms with Crippen molar-refractivity contribution in [3.05, 3.63) is 48.2 Å². The third-order valence-corrected chi connectivity index (χ3v) is 6.24. The van der Waals surface area contributed by atoms with Crippen LogP contribution in [0.15, 0.2) is 42.6 Å². The number of esters is 1. The maximum Gasteiger partial charge on any atom is 0.345 e. The highest BCUT2D eigenvalue weighted by atomic mass is 16.6. The fourth-order valence-electron chi connectivity index (χ4n) is 4.11. The van der Waals surface area contributed by atoms with Gasteiger partial charge in [-0.25, -0.2) is 9.78 Å². The lowest BCUT2D eigenvalue weighted by Gasteiger charge is -2.12. The summed E-state index contributed by atoms with van der Waals surface area (Å²) in [5.74, 6) is 1.26. The van der Waals surface area contributed by atoms with Gasteiger partial charge in [-0.3, -0.25) is 0 Å². The average Bonchev–Trinajstić information content (AvgIpc) is 3.64. The van der Waals surface area contributed by atoms with E-state index in [-0.39, 0.29) is 18.3 Å². The van der Waals surface area contributed by atoms with Crippen LogP contribution in [0.2, 0.25) is 0 Å². The van der Waals surface area contributed by atoms with Crippen molar-refractivity contribution in [1.82, 2.24) is 4.98 Å². The molecule has 0 bridgehead atoms. The van der Waals surface area contributed by atoms with Gasteiger partial charge in [0.1, 0.15) is 23.7 Å². The summed E-state index contributed by atoms with van der Waals surface area (Å²) in [6.07, 6.45) is 14.1. The Hall–Kier alpha value is -2.60. The molecular weight excluding hydrogens is 442 g/mol. The van der Waals surface area contributed by atoms with Gasteiger partial charge in [-0.15, -0.1) is 0 Å². The van der Waals surface area contributed by atoms with Gasteiger partial charge in [0.15, 0.2) is 0 Å². The van der Waals surface area contributed by atoms with Gasteiger partial charge in [-0.2, -0.15) is 0 Å². The summed E-state index contributed by atoms with van der Waals surface area (Å²) in [7, 11) is 0. The van der Waals surface area contributed by atoms with E-state index in [9.17, 15) is 4.79 Å². The number of ether oxygens (including phenoxy) is 4. The van der Waals surface area contributed by atoms with E-state index in [2.05, 4.69) is 18.8 Å². The molecule has 1 fully saturated rings. The van der Waals surface area contributed by atoms with Crippen LogP contribution >= 0.6 is 0 Å². The second-order valence-electron chi connectivity index (χ2n) is 9.32. The van der Waals surface area contributed by atoms with E-state index in [1.807, 2.05) is 19.1 Å². The standard InChI is InChI=1S/C29H41NO5/c1-4-6-7-8-9-10-11-12-20-32-24-15-17-25(18-16-24)34-29(31)23-14-19-27(30-21-23)33-22(3)28-26(35-28)13-5-2/h14-19,21-22,26,28H,4-13,20H2,1-3H3/t22-,26+,28+/m1/s1. The highest BCUT2D eigenvalue weighted by Crippen LogP contribution is 2.31. The van der Waals surface area contributed by atoms with Crippen molar-refractivity contribution in [2.75, 3.05) is 6.61 Å². The summed E-state index contributed by atoms with van der Waals surface area (Å²) in [5.41, 5.74) is 0.367. The van der Waals surface area contributed by atoms with E-state index in [1.165, 1.54) is 51.1 Å². The smallest absolute Gasteiger partial charge is 0.345 e. The lowest BCUT2D eigenvalue weighted by molar-refractivity contribution is 0.0734. The van der Waals surface area contributed by atoms with Crippen molar-refractivity contribution in [3.63, 3.8) is 0 Å². The Kier molecular flexibility index (Phi) is 11.4. The maximum atomic E-state index is 12.5. The lowest BCUT2D eigenvalue weighted by Crippen LogP contribution is -2.21. The van der Waals surface area contributed by atoms with Crippen LogP contribution < -0.4 is 14.2 Å². The van der Waals surface area contributed by atoms with Gasteiger partial charge < -0.3 is 18.9 Å². The Morgan fingerprint density at radius 3 is 2.26 bits per heavy atom. The minimum absolute atomic E-state index is 0.0758. The molecule has 0 spiro atoms. The van der Waals surface area contributed by atoms with E-state index in [0.717, 1.165) is 25.0 Å². The van der Waals surface area contributed by atoms with E-state index in [0.29, 0.717) is 23.8 Å². The molecule has 0 amide bonds. The summed E-state index contributed by atoms with van der Waals surface area (Å²) < 4.78 is 22.8. The predicted octanol–water partition coefficient (Wildman–Crippen LogP) is 7.16. The van der Waals surface area contributed by atoms with Crippen LogP contribution in [-0.4, -0.2) is 35.9 Å². The summed E-state index contributed by atoms with van der Waals surface area (Å²) in [5, 5.41) is 0. The van der Waals surface area contributed by atoms with Gasteiger partial charge >= 0.3 is 5.97 Å². The number of benzene rings is 1. The molecule has 1 aromatic carbocycles. The number of unbranched alkanes of at least 4 members (excludes halogenated alkanes) is 7. The van der Waals surface area contributed by atoms with Gasteiger partial charge in [0.05, 0.1) is 18.3 Å². The minimum Gasteiger partial charge on any atom is -0.494 e. The van der Waals surface area contributed by atoms with Gasteiger partial charge in [0.2, 0.25) is 5.88 Å². The molecule has 35 heavy (non-hydrogen) atoms. The first-order valence-electron chi connectivity index (χ1n) is 13.3. The molecule has 1 aliphatic heterocycles. The maximum absolute atomic E-state index is 12.5. The molecule has 1 aromatic heterocycles. The number of epoxide rings is 1. The Labute approximate surface area is 210 Å². The van der Waals surface area contributed by atoms with Crippen LogP contribution in [0.25, 0.3) is 0 Å². The number of rotatable bonds is 17. The monoisotopic (exact) mass is 483 g/mol. The number of carbonyl (C=O) groups excluding carboxylic acids is 1. The number of nitrogens with zero attached hydrogens (tertiary/aromatic N) is 1. The van der Waals surface area contributed by atoms with Crippen LogP contribution in [-0.2, 0) is 4.74 Å². The molecule has 0 radical (unpaired) electrons. The average molecular weight is 484 g/mol. The first kappa shape index (κ1) is 27.0. The molecule has 1 saturated heterocycles. The zero-order valence-corrected chi connectivity index (χ0v) is 21.5. The third-order valence-electron chi connectivity index (χ3n) is 6.24. The second kappa shape index (κ2) is 14.7. The molecule has 1 aliphatic rings. The van der Waals surface area contributed by atoms with E-state index < -0.39 is 5.97 Å². The molecule has 0 saturated carbocycles. The van der Waals surface area contributed by atoms with Crippen LogP contribution in [0.3, 0.4) is 0 Å². The van der Waals surface area contributed by atoms with E-state index in [1.54, 1.807) is 24.3 Å². The first-order valence-corrected chi connectivity index (χ1v) is 13.3. The van der Waals surface area contributed by atoms with Crippen molar-refractivity contribution in [3.8, 4) is 17.4 Å². The number of pyridine rings is 1. The molecule has 0 N–H and O–H groups in total. The first-order chi connectivity index (χ1) is 17.1. The highest BCUT2D eigenvalue weighted by molar-refractivity contribution is 5.90. The molecule has 0 unspecified atom stereocenters. The highest BCUT2D eigenvalue weighted by Gasteiger charge is 2.43. The predicted molar refractivity (Wildman–Crippen MR) is 137 cm³/mol. The second-order valence-corrected chi connectivity index (χ2v) is 9.32. The van der Waals surface area contributed by atoms with Crippen molar-refractivity contribution in [2.45, 2.75) is 103 Å². The van der Waals surface area contributed by atoms with Gasteiger partial charge in [0.25, 0.3) is 0 Å². The Balaban J connectivity index is 1.34. The Morgan fingerprint density at radius 2 is 1.60 bits per heavy atom. The van der Waals surface area contributed by atoms with E-state index >= 15 is 0 Å². The van der Waals surface area contributed by atoms with E-state index in [4.69, 9.17) is 18.9 Å². The third kappa shape index (κ3) is 9.52. The lowest BCUT2D eigenvalue weighted by atomic mass is 10.1. The molecule has 6 heteroatoms. The Morgan fingerprint density at radius 1 is 0.914 bits per heavy atom. The zero-order chi connectivity index (χ0) is 24.9. The molecule has 6 nitrogen and oxygen atoms in total. The topological polar surface area (TPSA) is 70.2 Å². The molecule has 0 aliphatic carbocycles. The van der Waals surface area contributed by atoms with Crippen LogP contribution in [0.1, 0.15) is 95.3 Å². The van der Waals surface area contributed by atoms with Crippen LogP contribution in [0, 0.1) is 0 Å². The summed E-state index contributed by atoms with van der Waals surface area (Å²) >= 11 is 0. The van der Waals surface area contributed by atoms with Gasteiger partial charge in [-0.05, 0) is 50.1 Å².